The first kappa shape index (κ1) is 22.1. The fourth-order valence-corrected chi connectivity index (χ4v) is 4.70. The summed E-state index contributed by atoms with van der Waals surface area (Å²) in [6.07, 6.45) is 0.668. The summed E-state index contributed by atoms with van der Waals surface area (Å²) in [5.41, 5.74) is 4.24. The Morgan fingerprint density at radius 3 is 2.81 bits per heavy atom. The van der Waals surface area contributed by atoms with E-state index in [1.54, 1.807) is 7.11 Å². The number of anilines is 2. The van der Waals surface area contributed by atoms with Crippen molar-refractivity contribution in [2.75, 3.05) is 37.0 Å². The zero-order chi connectivity index (χ0) is 22.7. The van der Waals surface area contributed by atoms with E-state index in [-0.39, 0.29) is 12.1 Å². The van der Waals surface area contributed by atoms with Crippen LogP contribution in [-0.2, 0) is 6.42 Å². The van der Waals surface area contributed by atoms with Gasteiger partial charge in [-0.1, -0.05) is 29.8 Å². The van der Waals surface area contributed by atoms with Crippen LogP contribution in [0.3, 0.4) is 0 Å². The Morgan fingerprint density at radius 1 is 1.22 bits per heavy atom. The van der Waals surface area contributed by atoms with Crippen LogP contribution in [0.5, 0.6) is 5.75 Å². The van der Waals surface area contributed by atoms with Gasteiger partial charge in [0.25, 0.3) is 0 Å². The number of benzene rings is 2. The molecule has 0 aliphatic carbocycles. The average molecular weight is 452 g/mol. The summed E-state index contributed by atoms with van der Waals surface area (Å²) < 4.78 is 9.85. The molecular formula is C24H29N5O2S. The number of nitrogens with zero attached hydrogens (tertiary/aromatic N) is 4. The number of nitrogens with one attached hydrogen (secondary N) is 1. The molecule has 168 valence electrons. The van der Waals surface area contributed by atoms with Gasteiger partial charge in [-0.3, -0.25) is 0 Å². The number of aromatic nitrogens is 2. The topological polar surface area (TPSA) is 70.6 Å². The largest absolute Gasteiger partial charge is 0.497 e. The fourth-order valence-electron chi connectivity index (χ4n) is 3.98. The first-order valence-corrected chi connectivity index (χ1v) is 11.6. The number of piperazine rings is 1. The van der Waals surface area contributed by atoms with Gasteiger partial charge < -0.3 is 19.9 Å². The average Bonchev–Trinajstić information content (AvgIpc) is 3.24. The van der Waals surface area contributed by atoms with Crippen LogP contribution in [0, 0.1) is 13.8 Å². The molecule has 0 bridgehead atoms. The molecule has 1 aliphatic heterocycles. The number of rotatable bonds is 5. The number of carbonyl (C=O) groups excluding carboxylic acids is 1. The molecule has 1 fully saturated rings. The van der Waals surface area contributed by atoms with Crippen LogP contribution in [0.2, 0.25) is 0 Å². The van der Waals surface area contributed by atoms with Gasteiger partial charge in [0.15, 0.2) is 0 Å². The molecule has 1 aliphatic rings. The lowest BCUT2D eigenvalue weighted by Crippen LogP contribution is -2.55. The SMILES string of the molecule is COc1cccc(Cc2nsc(N3CCN(C(=O)Nc4ccc(C)cc4C)C(C)C3)n2)c1. The number of aryl methyl sites for hydroxylation is 2. The van der Waals surface area contributed by atoms with Crippen LogP contribution in [0.4, 0.5) is 15.6 Å². The van der Waals surface area contributed by atoms with Crippen LogP contribution in [0.15, 0.2) is 42.5 Å². The van der Waals surface area contributed by atoms with Gasteiger partial charge in [-0.05, 0) is 50.1 Å². The summed E-state index contributed by atoms with van der Waals surface area (Å²) in [5, 5.41) is 3.97. The third-order valence-electron chi connectivity index (χ3n) is 5.74. The first-order chi connectivity index (χ1) is 15.4. The fraction of sp³-hybridized carbons (Fsp3) is 0.375. The van der Waals surface area contributed by atoms with E-state index in [2.05, 4.69) is 40.6 Å². The number of urea groups is 1. The van der Waals surface area contributed by atoms with Crippen molar-refractivity contribution >= 4 is 28.4 Å². The van der Waals surface area contributed by atoms with Crippen molar-refractivity contribution in [2.45, 2.75) is 33.2 Å². The number of carbonyl (C=O) groups is 1. The normalized spacial score (nSPS) is 16.2. The predicted octanol–water partition coefficient (Wildman–Crippen LogP) is 4.50. The van der Waals surface area contributed by atoms with Gasteiger partial charge in [-0.15, -0.1) is 0 Å². The Bertz CT molecular complexity index is 1100. The molecule has 1 saturated heterocycles. The Labute approximate surface area is 193 Å². The molecule has 4 rings (SSSR count). The highest BCUT2D eigenvalue weighted by Crippen LogP contribution is 2.24. The third-order valence-corrected chi connectivity index (χ3v) is 6.55. The second-order valence-corrected chi connectivity index (χ2v) is 8.99. The summed E-state index contributed by atoms with van der Waals surface area (Å²) in [7, 11) is 1.67. The molecule has 8 heteroatoms. The van der Waals surface area contributed by atoms with Crippen molar-refractivity contribution in [3.05, 3.63) is 65.0 Å². The van der Waals surface area contributed by atoms with E-state index in [9.17, 15) is 4.79 Å². The quantitative estimate of drug-likeness (QED) is 0.619. The van der Waals surface area contributed by atoms with Crippen LogP contribution in [0.25, 0.3) is 0 Å². The zero-order valence-corrected chi connectivity index (χ0v) is 19.8. The number of hydrogen-bond acceptors (Lipinski definition) is 6. The van der Waals surface area contributed by atoms with Crippen molar-refractivity contribution < 1.29 is 9.53 Å². The maximum absolute atomic E-state index is 12.9. The van der Waals surface area contributed by atoms with Crippen molar-refractivity contribution in [1.29, 1.82) is 0 Å². The summed E-state index contributed by atoms with van der Waals surface area (Å²) >= 11 is 1.42. The molecule has 0 saturated carbocycles. The number of ether oxygens (including phenoxy) is 1. The Balaban J connectivity index is 1.36. The van der Waals surface area contributed by atoms with Gasteiger partial charge in [-0.2, -0.15) is 4.37 Å². The lowest BCUT2D eigenvalue weighted by Gasteiger charge is -2.39. The van der Waals surface area contributed by atoms with Gasteiger partial charge in [-0.25, -0.2) is 9.78 Å². The second kappa shape index (κ2) is 9.56. The zero-order valence-electron chi connectivity index (χ0n) is 19.0. The van der Waals surface area contributed by atoms with Crippen molar-refractivity contribution in [3.63, 3.8) is 0 Å². The molecule has 2 amide bonds. The molecule has 2 aromatic carbocycles. The molecule has 2 heterocycles. The summed E-state index contributed by atoms with van der Waals surface area (Å²) in [6, 6.07) is 14.0. The predicted molar refractivity (Wildman–Crippen MR) is 129 cm³/mol. The minimum Gasteiger partial charge on any atom is -0.497 e. The third kappa shape index (κ3) is 5.02. The van der Waals surface area contributed by atoms with E-state index in [4.69, 9.17) is 9.72 Å². The second-order valence-electron chi connectivity index (χ2n) is 8.26. The monoisotopic (exact) mass is 451 g/mol. The first-order valence-electron chi connectivity index (χ1n) is 10.8. The minimum absolute atomic E-state index is 0.0555. The van der Waals surface area contributed by atoms with Crippen LogP contribution >= 0.6 is 11.5 Å². The van der Waals surface area contributed by atoms with E-state index < -0.39 is 0 Å². The van der Waals surface area contributed by atoms with Crippen LogP contribution in [0.1, 0.15) is 29.4 Å². The smallest absolute Gasteiger partial charge is 0.322 e. The van der Waals surface area contributed by atoms with Gasteiger partial charge in [0.05, 0.1) is 7.11 Å². The highest BCUT2D eigenvalue weighted by atomic mass is 32.1. The van der Waals surface area contributed by atoms with Gasteiger partial charge in [0.2, 0.25) is 5.13 Å². The molecule has 1 N–H and O–H groups in total. The van der Waals surface area contributed by atoms with E-state index in [1.807, 2.05) is 42.2 Å². The molecule has 1 atom stereocenters. The summed E-state index contributed by atoms with van der Waals surface area (Å²) in [4.78, 5) is 21.7. The molecule has 3 aromatic rings. The minimum atomic E-state index is -0.0555. The summed E-state index contributed by atoms with van der Waals surface area (Å²) in [6.45, 7) is 8.25. The Hall–Kier alpha value is -3.13. The van der Waals surface area contributed by atoms with E-state index in [0.717, 1.165) is 46.6 Å². The maximum Gasteiger partial charge on any atom is 0.322 e. The summed E-state index contributed by atoms with van der Waals surface area (Å²) in [5.74, 6) is 1.64. The molecular weight excluding hydrogens is 422 g/mol. The lowest BCUT2D eigenvalue weighted by atomic mass is 10.1. The Kier molecular flexibility index (Phi) is 6.60. The standard InChI is InChI=1S/C24H29N5O2S/c1-16-8-9-21(17(2)12-16)25-23(30)29-11-10-28(15-18(29)3)24-26-22(27-32-24)14-19-6-5-7-20(13-19)31-4/h5-9,12-13,18H,10-11,14-15H2,1-4H3,(H,25,30). The Morgan fingerprint density at radius 2 is 2.06 bits per heavy atom. The highest BCUT2D eigenvalue weighted by Gasteiger charge is 2.29. The van der Waals surface area contributed by atoms with Crippen LogP contribution < -0.4 is 15.0 Å². The molecule has 32 heavy (non-hydrogen) atoms. The molecule has 7 nitrogen and oxygen atoms in total. The van der Waals surface area contributed by atoms with E-state index in [0.29, 0.717) is 13.0 Å². The molecule has 1 unspecified atom stereocenters. The number of methoxy groups -OCH3 is 1. The van der Waals surface area contributed by atoms with Gasteiger partial charge in [0.1, 0.15) is 11.6 Å². The lowest BCUT2D eigenvalue weighted by molar-refractivity contribution is 0.185. The van der Waals surface area contributed by atoms with Gasteiger partial charge >= 0.3 is 6.03 Å². The highest BCUT2D eigenvalue weighted by molar-refractivity contribution is 7.09. The van der Waals surface area contributed by atoms with Crippen molar-refractivity contribution in [2.24, 2.45) is 0 Å². The number of amides is 2. The molecule has 0 spiro atoms. The van der Waals surface area contributed by atoms with Gasteiger partial charge in [0, 0.05) is 49.3 Å². The van der Waals surface area contributed by atoms with Crippen molar-refractivity contribution in [3.8, 4) is 5.75 Å². The molecule has 1 aromatic heterocycles. The maximum atomic E-state index is 12.9. The van der Waals surface area contributed by atoms with Crippen molar-refractivity contribution in [1.82, 2.24) is 14.3 Å². The molecule has 0 radical (unpaired) electrons. The van der Waals surface area contributed by atoms with E-state index in [1.165, 1.54) is 17.1 Å². The van der Waals surface area contributed by atoms with E-state index >= 15 is 0 Å². The number of hydrogen-bond donors (Lipinski definition) is 1. The van der Waals surface area contributed by atoms with Crippen LogP contribution in [-0.4, -0.2) is 53.1 Å².